The first kappa shape index (κ1) is 27.4. The van der Waals surface area contributed by atoms with Crippen molar-refractivity contribution in [3.63, 3.8) is 0 Å². The molecule has 170 valence electrons. The van der Waals surface area contributed by atoms with E-state index >= 15 is 0 Å². The van der Waals surface area contributed by atoms with Gasteiger partial charge in [0.05, 0.1) is 0 Å². The first-order valence-electron chi connectivity index (χ1n) is 6.32. The molecule has 0 aliphatic carbocycles. The Bertz CT molecular complexity index is 573. The van der Waals surface area contributed by atoms with Crippen molar-refractivity contribution in [2.45, 2.75) is 60.6 Å². The first-order chi connectivity index (χ1) is 11.7. The predicted octanol–water partition coefficient (Wildman–Crippen LogP) is 6.68. The lowest BCUT2D eigenvalue weighted by atomic mass is 9.92. The number of hydrogen-bond donors (Lipinski definition) is 0. The van der Waals surface area contributed by atoms with Crippen LogP contribution in [0.25, 0.3) is 0 Å². The largest absolute Gasteiger partial charge is 0.460 e. The van der Waals surface area contributed by atoms with Gasteiger partial charge < -0.3 is 0 Å². The highest BCUT2D eigenvalue weighted by Gasteiger charge is 2.92. The van der Waals surface area contributed by atoms with Gasteiger partial charge in [-0.15, -0.1) is 0 Å². The van der Waals surface area contributed by atoms with Gasteiger partial charge in [-0.3, -0.25) is 0 Å². The van der Waals surface area contributed by atoms with E-state index in [4.69, 9.17) is 11.1 Å². The Morgan fingerprint density at radius 2 is 0.857 bits per heavy atom. The van der Waals surface area contributed by atoms with Crippen LogP contribution in [0.1, 0.15) is 0 Å². The molecule has 0 rings (SSSR count). The molecule has 18 heteroatoms. The summed E-state index contributed by atoms with van der Waals surface area (Å²) in [5.41, 5.74) is -5.74. The summed E-state index contributed by atoms with van der Waals surface area (Å²) in [4.78, 5) is 0. The lowest BCUT2D eigenvalue weighted by molar-refractivity contribution is -0.445. The molecule has 0 N–H and O–H groups in total. The lowest BCUT2D eigenvalue weighted by Crippen LogP contribution is -2.73. The summed E-state index contributed by atoms with van der Waals surface area (Å²) < 4.78 is 206. The van der Waals surface area contributed by atoms with Crippen LogP contribution in [0.2, 0.25) is 13.1 Å². The molecule has 1 atom stereocenters. The fraction of sp³-hybridized carbons (Fsp3) is 1.00. The third kappa shape index (κ3) is 3.53. The van der Waals surface area contributed by atoms with Crippen LogP contribution >= 0.6 is 11.1 Å². The third-order valence-corrected chi connectivity index (χ3v) is 5.98. The van der Waals surface area contributed by atoms with Crippen LogP contribution in [0, 0.1) is 0 Å². The molecule has 0 aliphatic rings. The Labute approximate surface area is 150 Å². The van der Waals surface area contributed by atoms with E-state index in [1.165, 1.54) is 0 Å². The van der Waals surface area contributed by atoms with Gasteiger partial charge in [-0.25, -0.2) is 13.2 Å². The van der Waals surface area contributed by atoms with Gasteiger partial charge in [0.2, 0.25) is 13.6 Å². The monoisotopic (exact) mass is 494 g/mol. The minimum atomic E-state index is -8.35. The minimum absolute atomic E-state index is 0.139. The van der Waals surface area contributed by atoms with Gasteiger partial charge in [0.15, 0.2) is 0 Å². The average molecular weight is 495 g/mol. The van der Waals surface area contributed by atoms with E-state index in [1.54, 1.807) is 0 Å². The summed E-state index contributed by atoms with van der Waals surface area (Å²) >= 11 is 4.88. The Hall–Kier alpha value is -0.613. The number of rotatable bonds is 7. The highest BCUT2D eigenvalue weighted by atomic mass is 35.6. The van der Waals surface area contributed by atoms with Crippen molar-refractivity contribution >= 4 is 18.5 Å². The van der Waals surface area contributed by atoms with Crippen molar-refractivity contribution in [1.29, 1.82) is 0 Å². The summed E-state index contributed by atoms with van der Waals surface area (Å²) in [6, 6.07) is 0. The molecule has 0 aliphatic heterocycles. The van der Waals surface area contributed by atoms with Gasteiger partial charge in [-0.1, -0.05) is 13.1 Å². The maximum atomic E-state index is 13.4. The van der Waals surface area contributed by atoms with Gasteiger partial charge in [0.1, 0.15) is 0 Å². The molecule has 0 aromatic carbocycles. The number of hydrogen-bond acceptors (Lipinski definition) is 0. The average Bonchev–Trinajstić information content (AvgIpc) is 2.42. The van der Waals surface area contributed by atoms with E-state index in [9.17, 15) is 70.2 Å². The molecule has 0 aromatic rings. The molecule has 0 heterocycles. The van der Waals surface area contributed by atoms with Crippen LogP contribution in [0.15, 0.2) is 0 Å². The first-order valence-corrected chi connectivity index (χ1v) is 10.3. The van der Waals surface area contributed by atoms with Crippen molar-refractivity contribution in [3.8, 4) is 0 Å². The van der Waals surface area contributed by atoms with Crippen LogP contribution in [0.4, 0.5) is 70.2 Å². The maximum absolute atomic E-state index is 13.4. The zero-order chi connectivity index (χ0) is 23.6. The highest BCUT2D eigenvalue weighted by molar-refractivity contribution is 7.20. The Kier molecular flexibility index (Phi) is 6.55. The van der Waals surface area contributed by atoms with Gasteiger partial charge in [0.25, 0.3) is 5.55 Å². The van der Waals surface area contributed by atoms with Crippen molar-refractivity contribution in [3.05, 3.63) is 0 Å². The molecule has 0 nitrogen and oxygen atoms in total. The summed E-state index contributed by atoms with van der Waals surface area (Å²) in [7, 11) is -5.12. The van der Waals surface area contributed by atoms with Crippen molar-refractivity contribution < 1.29 is 70.2 Å². The normalized spacial score (nSPS) is 17.7. The van der Waals surface area contributed by atoms with Crippen molar-refractivity contribution in [2.75, 3.05) is 0 Å². The van der Waals surface area contributed by atoms with Crippen molar-refractivity contribution in [1.82, 2.24) is 0 Å². The quantitative estimate of drug-likeness (QED) is 0.210. The lowest BCUT2D eigenvalue weighted by Gasteiger charge is -2.42. The molecule has 0 spiro atoms. The molecule has 0 radical (unpaired) electrons. The second-order valence-electron chi connectivity index (χ2n) is 5.88. The van der Waals surface area contributed by atoms with E-state index in [1.807, 2.05) is 0 Å². The summed E-state index contributed by atoms with van der Waals surface area (Å²) in [5.74, 6) is -40.4. The molecule has 0 fully saturated rings. The van der Waals surface area contributed by atoms with Gasteiger partial charge in [-0.05, 0) is 0 Å². The van der Waals surface area contributed by atoms with E-state index < -0.39 is 54.9 Å². The standard InChI is InChI=1S/C10H7ClF16Si/c1-28(2,11)5(15,16)3(12)4(13,14)6(17,18)7(19,20)8(21,22)9(23,24)10(25,26)27/h3H,1-2H3. The molecule has 1 unspecified atom stereocenters. The molecule has 0 amide bonds. The Morgan fingerprint density at radius 3 is 1.11 bits per heavy atom. The Balaban J connectivity index is 6.56. The van der Waals surface area contributed by atoms with E-state index in [0.717, 1.165) is 0 Å². The summed E-state index contributed by atoms with van der Waals surface area (Å²) in [6.45, 7) is 0.278. The zero-order valence-electron chi connectivity index (χ0n) is 13.0. The minimum Gasteiger partial charge on any atom is -0.234 e. The smallest absolute Gasteiger partial charge is 0.234 e. The molecular weight excluding hydrogens is 488 g/mol. The topological polar surface area (TPSA) is 0 Å². The molecule has 0 saturated heterocycles. The van der Waals surface area contributed by atoms with E-state index in [0.29, 0.717) is 0 Å². The SMILES string of the molecule is C[Si](C)(Cl)C(F)(F)C(F)C(F)(F)C(F)(F)C(F)(F)C(F)(F)C(F)(F)C(F)(F)F. The van der Waals surface area contributed by atoms with Gasteiger partial charge >= 0.3 is 35.8 Å². The second-order valence-corrected chi connectivity index (χ2v) is 12.3. The molecule has 0 bridgehead atoms. The molecule has 28 heavy (non-hydrogen) atoms. The van der Waals surface area contributed by atoms with E-state index in [2.05, 4.69) is 0 Å². The number of halogens is 17. The predicted molar refractivity (Wildman–Crippen MR) is 64.0 cm³/mol. The zero-order valence-corrected chi connectivity index (χ0v) is 14.8. The highest BCUT2D eigenvalue weighted by Crippen LogP contribution is 2.62. The fourth-order valence-electron chi connectivity index (χ4n) is 1.47. The summed E-state index contributed by atoms with van der Waals surface area (Å²) in [5, 5.41) is 0. The van der Waals surface area contributed by atoms with Crippen LogP contribution in [0.5, 0.6) is 0 Å². The summed E-state index contributed by atoms with van der Waals surface area (Å²) in [6.07, 6.45) is -13.4. The van der Waals surface area contributed by atoms with Gasteiger partial charge in [0, 0.05) is 0 Å². The third-order valence-electron chi connectivity index (χ3n) is 3.39. The fourth-order valence-corrected chi connectivity index (χ4v) is 2.54. The van der Waals surface area contributed by atoms with Crippen molar-refractivity contribution in [2.24, 2.45) is 0 Å². The van der Waals surface area contributed by atoms with Gasteiger partial charge in [-0.2, -0.15) is 68.2 Å². The molecule has 0 aromatic heterocycles. The maximum Gasteiger partial charge on any atom is 0.460 e. The van der Waals surface area contributed by atoms with Crippen LogP contribution < -0.4 is 0 Å². The van der Waals surface area contributed by atoms with Crippen LogP contribution in [0.3, 0.4) is 0 Å². The second kappa shape index (κ2) is 6.70. The molecular formula is C10H7ClF16Si. The Morgan fingerprint density at radius 1 is 0.571 bits per heavy atom. The van der Waals surface area contributed by atoms with Crippen LogP contribution in [-0.2, 0) is 0 Å². The van der Waals surface area contributed by atoms with E-state index in [-0.39, 0.29) is 13.1 Å². The number of alkyl halides is 16. The molecule has 0 saturated carbocycles. The van der Waals surface area contributed by atoms with Crippen LogP contribution in [-0.4, -0.2) is 54.9 Å².